The van der Waals surface area contributed by atoms with Crippen LogP contribution in [0.15, 0.2) is 59.0 Å². The van der Waals surface area contributed by atoms with Gasteiger partial charge in [-0.15, -0.1) is 11.3 Å². The van der Waals surface area contributed by atoms with Crippen molar-refractivity contribution in [3.63, 3.8) is 0 Å². The van der Waals surface area contributed by atoms with Gasteiger partial charge in [-0.3, -0.25) is 14.2 Å². The smallest absolute Gasteiger partial charge is 0.271 e. The first-order valence-corrected chi connectivity index (χ1v) is 10.5. The molecule has 0 spiro atoms. The minimum absolute atomic E-state index is 0.122. The molecule has 2 heterocycles. The maximum Gasteiger partial charge on any atom is 0.271 e. The van der Waals surface area contributed by atoms with E-state index in [1.54, 1.807) is 12.1 Å². The number of halogens is 1. The van der Waals surface area contributed by atoms with E-state index in [0.29, 0.717) is 10.2 Å². The molecule has 5 nitrogen and oxygen atoms in total. The number of nitrogens with zero attached hydrogens (tertiary/aromatic N) is 2. The van der Waals surface area contributed by atoms with Crippen LogP contribution >= 0.6 is 11.3 Å². The number of anilines is 1. The van der Waals surface area contributed by atoms with E-state index >= 15 is 0 Å². The second-order valence-corrected chi connectivity index (χ2v) is 7.90. The first-order chi connectivity index (χ1) is 14.5. The standard InChI is InChI=1S/C23H20FN3O2S/c1-3-15-6-4-5-14(2)20(15)26-19(28)11-27-13-25-21-18(12-30-22(21)23(27)29)16-7-9-17(24)10-8-16/h4-10,12-13H,3,11H2,1-2H3,(H,26,28). The van der Waals surface area contributed by atoms with Crippen LogP contribution < -0.4 is 10.9 Å². The summed E-state index contributed by atoms with van der Waals surface area (Å²) in [5.41, 5.74) is 4.67. The highest BCUT2D eigenvalue weighted by Gasteiger charge is 2.15. The molecule has 1 N–H and O–H groups in total. The third-order valence-corrected chi connectivity index (χ3v) is 5.98. The molecule has 2 aromatic heterocycles. The number of para-hydroxylation sites is 1. The summed E-state index contributed by atoms with van der Waals surface area (Å²) in [5.74, 6) is -0.600. The number of hydrogen-bond acceptors (Lipinski definition) is 4. The fraction of sp³-hybridized carbons (Fsp3) is 0.174. The summed E-state index contributed by atoms with van der Waals surface area (Å²) in [6, 6.07) is 11.9. The molecule has 0 aliphatic carbocycles. The molecule has 2 aromatic carbocycles. The number of benzene rings is 2. The predicted octanol–water partition coefficient (Wildman–Crippen LogP) is 4.77. The highest BCUT2D eigenvalue weighted by Crippen LogP contribution is 2.30. The Balaban J connectivity index is 1.62. The summed E-state index contributed by atoms with van der Waals surface area (Å²) in [4.78, 5) is 29.9. The van der Waals surface area contributed by atoms with E-state index in [1.165, 1.54) is 34.4 Å². The van der Waals surface area contributed by atoms with Gasteiger partial charge in [0.05, 0.1) is 11.8 Å². The Morgan fingerprint density at radius 2 is 1.97 bits per heavy atom. The van der Waals surface area contributed by atoms with Crippen LogP contribution in [0.2, 0.25) is 0 Å². The van der Waals surface area contributed by atoms with E-state index in [0.717, 1.165) is 34.4 Å². The molecular formula is C23H20FN3O2S. The fourth-order valence-corrected chi connectivity index (χ4v) is 4.40. The van der Waals surface area contributed by atoms with E-state index in [1.807, 2.05) is 37.4 Å². The Hall–Kier alpha value is -3.32. The maximum atomic E-state index is 13.2. The lowest BCUT2D eigenvalue weighted by Gasteiger charge is -2.13. The van der Waals surface area contributed by atoms with Crippen molar-refractivity contribution in [2.75, 3.05) is 5.32 Å². The molecule has 30 heavy (non-hydrogen) atoms. The van der Waals surface area contributed by atoms with Gasteiger partial charge < -0.3 is 5.32 Å². The summed E-state index contributed by atoms with van der Waals surface area (Å²) in [6.07, 6.45) is 2.19. The number of fused-ring (bicyclic) bond motifs is 1. The van der Waals surface area contributed by atoms with Gasteiger partial charge >= 0.3 is 0 Å². The van der Waals surface area contributed by atoms with Crippen LogP contribution in [-0.2, 0) is 17.8 Å². The van der Waals surface area contributed by atoms with Gasteiger partial charge in [0.25, 0.3) is 5.56 Å². The lowest BCUT2D eigenvalue weighted by molar-refractivity contribution is -0.116. The molecule has 0 bridgehead atoms. The first-order valence-electron chi connectivity index (χ1n) is 9.59. The first kappa shape index (κ1) is 20.0. The van der Waals surface area contributed by atoms with Crippen molar-refractivity contribution in [1.82, 2.24) is 9.55 Å². The summed E-state index contributed by atoms with van der Waals surface area (Å²) in [5, 5.41) is 4.76. The molecule has 1 amide bonds. The van der Waals surface area contributed by atoms with Crippen LogP contribution in [0.3, 0.4) is 0 Å². The van der Waals surface area contributed by atoms with Crippen LogP contribution in [0.4, 0.5) is 10.1 Å². The van der Waals surface area contributed by atoms with Crippen molar-refractivity contribution >= 4 is 33.1 Å². The zero-order valence-corrected chi connectivity index (χ0v) is 17.4. The number of rotatable bonds is 5. The Kier molecular flexibility index (Phi) is 5.46. The van der Waals surface area contributed by atoms with E-state index in [-0.39, 0.29) is 23.8 Å². The number of nitrogens with one attached hydrogen (secondary N) is 1. The molecule has 4 rings (SSSR count). The van der Waals surface area contributed by atoms with Crippen molar-refractivity contribution in [3.8, 4) is 11.1 Å². The van der Waals surface area contributed by atoms with Crippen LogP contribution in [0.5, 0.6) is 0 Å². The number of aryl methyl sites for hydroxylation is 2. The molecular weight excluding hydrogens is 401 g/mol. The van der Waals surface area contributed by atoms with Crippen LogP contribution in [0, 0.1) is 12.7 Å². The van der Waals surface area contributed by atoms with Gasteiger partial charge in [0.2, 0.25) is 5.91 Å². The summed E-state index contributed by atoms with van der Waals surface area (Å²) in [6.45, 7) is 3.85. The van der Waals surface area contributed by atoms with Gasteiger partial charge in [-0.25, -0.2) is 9.37 Å². The molecule has 0 saturated carbocycles. The van der Waals surface area contributed by atoms with E-state index in [2.05, 4.69) is 10.3 Å². The Morgan fingerprint density at radius 3 is 2.70 bits per heavy atom. The number of carbonyl (C=O) groups excluding carboxylic acids is 1. The van der Waals surface area contributed by atoms with Gasteiger partial charge in [0, 0.05) is 16.6 Å². The summed E-state index contributed by atoms with van der Waals surface area (Å²) in [7, 11) is 0. The molecule has 0 atom stereocenters. The molecule has 0 aliphatic rings. The lowest BCUT2D eigenvalue weighted by atomic mass is 10.1. The van der Waals surface area contributed by atoms with Crippen molar-refractivity contribution in [1.29, 1.82) is 0 Å². The minimum Gasteiger partial charge on any atom is -0.324 e. The van der Waals surface area contributed by atoms with Crippen LogP contribution in [-0.4, -0.2) is 15.5 Å². The predicted molar refractivity (Wildman–Crippen MR) is 118 cm³/mol. The van der Waals surface area contributed by atoms with Gasteiger partial charge in [0.1, 0.15) is 17.1 Å². The van der Waals surface area contributed by atoms with Gasteiger partial charge in [-0.05, 0) is 42.2 Å². The lowest BCUT2D eigenvalue weighted by Crippen LogP contribution is -2.28. The van der Waals surface area contributed by atoms with Crippen molar-refractivity contribution in [2.24, 2.45) is 0 Å². The Bertz CT molecular complexity index is 1290. The van der Waals surface area contributed by atoms with E-state index < -0.39 is 0 Å². The molecule has 4 aromatic rings. The molecule has 152 valence electrons. The second kappa shape index (κ2) is 8.20. The third-order valence-electron chi connectivity index (χ3n) is 5.02. The van der Waals surface area contributed by atoms with Crippen molar-refractivity contribution in [3.05, 3.63) is 81.5 Å². The highest BCUT2D eigenvalue weighted by atomic mass is 32.1. The quantitative estimate of drug-likeness (QED) is 0.505. The highest BCUT2D eigenvalue weighted by molar-refractivity contribution is 7.17. The Morgan fingerprint density at radius 1 is 1.20 bits per heavy atom. The van der Waals surface area contributed by atoms with Gasteiger partial charge in [0.15, 0.2) is 0 Å². The fourth-order valence-electron chi connectivity index (χ4n) is 3.42. The largest absolute Gasteiger partial charge is 0.324 e. The average Bonchev–Trinajstić information content (AvgIpc) is 3.17. The molecule has 0 unspecified atom stereocenters. The van der Waals surface area contributed by atoms with E-state index in [4.69, 9.17) is 0 Å². The normalized spacial score (nSPS) is 11.0. The van der Waals surface area contributed by atoms with Crippen molar-refractivity contribution < 1.29 is 9.18 Å². The molecule has 7 heteroatoms. The summed E-state index contributed by atoms with van der Waals surface area (Å²) < 4.78 is 15.0. The Labute approximate surface area is 176 Å². The average molecular weight is 421 g/mol. The SMILES string of the molecule is CCc1cccc(C)c1NC(=O)Cn1cnc2c(-c3ccc(F)cc3)csc2c1=O. The second-order valence-electron chi connectivity index (χ2n) is 7.02. The zero-order valence-electron chi connectivity index (χ0n) is 16.6. The monoisotopic (exact) mass is 421 g/mol. The van der Waals surface area contributed by atoms with Gasteiger partial charge in [-0.1, -0.05) is 37.3 Å². The van der Waals surface area contributed by atoms with Crippen molar-refractivity contribution in [2.45, 2.75) is 26.8 Å². The van der Waals surface area contributed by atoms with E-state index in [9.17, 15) is 14.0 Å². The number of thiophene rings is 1. The van der Waals surface area contributed by atoms with Crippen LogP contribution in [0.25, 0.3) is 21.3 Å². The number of amides is 1. The number of hydrogen-bond donors (Lipinski definition) is 1. The number of carbonyl (C=O) groups is 1. The topological polar surface area (TPSA) is 64.0 Å². The maximum absolute atomic E-state index is 13.2. The van der Waals surface area contributed by atoms with Crippen LogP contribution in [0.1, 0.15) is 18.1 Å². The summed E-state index contributed by atoms with van der Waals surface area (Å²) >= 11 is 1.27. The molecule has 0 radical (unpaired) electrons. The molecule has 0 fully saturated rings. The third kappa shape index (κ3) is 3.76. The molecule has 0 saturated heterocycles. The van der Waals surface area contributed by atoms with Gasteiger partial charge in [-0.2, -0.15) is 0 Å². The minimum atomic E-state index is -0.320. The molecule has 0 aliphatic heterocycles. The number of aromatic nitrogens is 2. The zero-order chi connectivity index (χ0) is 21.3.